The molecule has 1 aromatic rings. The molecule has 0 aliphatic heterocycles. The Morgan fingerprint density at radius 2 is 2.45 bits per heavy atom. The summed E-state index contributed by atoms with van der Waals surface area (Å²) >= 11 is 0. The van der Waals surface area contributed by atoms with E-state index in [0.29, 0.717) is 13.2 Å². The van der Waals surface area contributed by atoms with Crippen molar-refractivity contribution in [3.63, 3.8) is 0 Å². The van der Waals surface area contributed by atoms with Gasteiger partial charge in [-0.2, -0.15) is 0 Å². The molecule has 11 heavy (non-hydrogen) atoms. The average Bonchev–Trinajstić information content (AvgIpc) is 2.47. The first-order valence-corrected chi connectivity index (χ1v) is 3.71. The minimum Gasteiger partial charge on any atom is -0.468 e. The zero-order chi connectivity index (χ0) is 8.10. The molecule has 3 heteroatoms. The summed E-state index contributed by atoms with van der Waals surface area (Å²) in [5.74, 6) is 0.818. The summed E-state index contributed by atoms with van der Waals surface area (Å²) in [4.78, 5) is 0. The first-order valence-electron chi connectivity index (χ1n) is 3.71. The molecule has 0 amide bonds. The SMILES string of the molecule is CCOCc1ccoc1CN. The second-order valence-electron chi connectivity index (χ2n) is 2.21. The fourth-order valence-corrected chi connectivity index (χ4v) is 0.887. The first-order chi connectivity index (χ1) is 5.38. The maximum Gasteiger partial charge on any atom is 0.122 e. The van der Waals surface area contributed by atoms with Crippen LogP contribution in [0.1, 0.15) is 18.2 Å². The molecular formula is C8H13NO2. The molecule has 3 nitrogen and oxygen atoms in total. The summed E-state index contributed by atoms with van der Waals surface area (Å²) in [5.41, 5.74) is 6.47. The van der Waals surface area contributed by atoms with Gasteiger partial charge in [0.1, 0.15) is 5.76 Å². The lowest BCUT2D eigenvalue weighted by molar-refractivity contribution is 0.132. The third-order valence-corrected chi connectivity index (χ3v) is 1.48. The van der Waals surface area contributed by atoms with E-state index in [1.165, 1.54) is 0 Å². The molecule has 2 N–H and O–H groups in total. The summed E-state index contributed by atoms with van der Waals surface area (Å²) in [6.07, 6.45) is 1.64. The van der Waals surface area contributed by atoms with Crippen molar-refractivity contribution < 1.29 is 9.15 Å². The highest BCUT2D eigenvalue weighted by atomic mass is 16.5. The van der Waals surface area contributed by atoms with Crippen molar-refractivity contribution in [2.45, 2.75) is 20.1 Å². The van der Waals surface area contributed by atoms with Gasteiger partial charge in [-0.1, -0.05) is 0 Å². The summed E-state index contributed by atoms with van der Waals surface area (Å²) in [5, 5.41) is 0. The average molecular weight is 155 g/mol. The van der Waals surface area contributed by atoms with Crippen molar-refractivity contribution >= 4 is 0 Å². The van der Waals surface area contributed by atoms with Gasteiger partial charge in [-0.15, -0.1) is 0 Å². The molecule has 0 spiro atoms. The van der Waals surface area contributed by atoms with Crippen molar-refractivity contribution in [3.8, 4) is 0 Å². The Bertz CT molecular complexity index is 208. The van der Waals surface area contributed by atoms with E-state index in [4.69, 9.17) is 14.9 Å². The van der Waals surface area contributed by atoms with Crippen LogP contribution >= 0.6 is 0 Å². The van der Waals surface area contributed by atoms with Crippen LogP contribution in [0, 0.1) is 0 Å². The number of hydrogen-bond acceptors (Lipinski definition) is 3. The molecule has 0 atom stereocenters. The van der Waals surface area contributed by atoms with Crippen LogP contribution in [0.4, 0.5) is 0 Å². The molecule has 62 valence electrons. The highest BCUT2D eigenvalue weighted by Gasteiger charge is 2.02. The van der Waals surface area contributed by atoms with Gasteiger partial charge in [0, 0.05) is 12.2 Å². The van der Waals surface area contributed by atoms with Gasteiger partial charge in [-0.05, 0) is 13.0 Å². The summed E-state index contributed by atoms with van der Waals surface area (Å²) in [6.45, 7) is 3.71. The van der Waals surface area contributed by atoms with Crippen LogP contribution in [0.25, 0.3) is 0 Å². The van der Waals surface area contributed by atoms with Crippen LogP contribution in [0.2, 0.25) is 0 Å². The molecule has 1 aromatic heterocycles. The van der Waals surface area contributed by atoms with Crippen LogP contribution in [-0.2, 0) is 17.9 Å². The Labute approximate surface area is 66.1 Å². The van der Waals surface area contributed by atoms with Gasteiger partial charge in [-0.25, -0.2) is 0 Å². The molecule has 0 aliphatic carbocycles. The zero-order valence-corrected chi connectivity index (χ0v) is 6.67. The van der Waals surface area contributed by atoms with Crippen molar-refractivity contribution in [1.29, 1.82) is 0 Å². The normalized spacial score (nSPS) is 10.4. The number of hydrogen-bond donors (Lipinski definition) is 1. The molecule has 0 bridgehead atoms. The Morgan fingerprint density at radius 3 is 3.09 bits per heavy atom. The monoisotopic (exact) mass is 155 g/mol. The lowest BCUT2D eigenvalue weighted by atomic mass is 10.2. The van der Waals surface area contributed by atoms with E-state index in [1.54, 1.807) is 6.26 Å². The number of ether oxygens (including phenoxy) is 1. The lowest BCUT2D eigenvalue weighted by Gasteiger charge is -1.99. The largest absolute Gasteiger partial charge is 0.468 e. The highest BCUT2D eigenvalue weighted by Crippen LogP contribution is 2.10. The minimum absolute atomic E-state index is 0.440. The predicted octanol–water partition coefficient (Wildman–Crippen LogP) is 1.27. The maximum absolute atomic E-state index is 5.42. The molecule has 0 radical (unpaired) electrons. The molecule has 1 heterocycles. The summed E-state index contributed by atoms with van der Waals surface area (Å²) in [6, 6.07) is 1.89. The third-order valence-electron chi connectivity index (χ3n) is 1.48. The topological polar surface area (TPSA) is 48.4 Å². The van der Waals surface area contributed by atoms with Crippen LogP contribution < -0.4 is 5.73 Å². The second kappa shape index (κ2) is 4.16. The van der Waals surface area contributed by atoms with Crippen molar-refractivity contribution in [1.82, 2.24) is 0 Å². The van der Waals surface area contributed by atoms with Crippen LogP contribution in [0.15, 0.2) is 16.7 Å². The fourth-order valence-electron chi connectivity index (χ4n) is 0.887. The zero-order valence-electron chi connectivity index (χ0n) is 6.67. The maximum atomic E-state index is 5.42. The van der Waals surface area contributed by atoms with E-state index in [2.05, 4.69) is 0 Å². The highest BCUT2D eigenvalue weighted by molar-refractivity contribution is 5.15. The van der Waals surface area contributed by atoms with Gasteiger partial charge in [-0.3, -0.25) is 0 Å². The predicted molar refractivity (Wildman–Crippen MR) is 41.9 cm³/mol. The van der Waals surface area contributed by atoms with Crippen molar-refractivity contribution in [2.75, 3.05) is 6.61 Å². The van der Waals surface area contributed by atoms with Crippen molar-refractivity contribution in [2.24, 2.45) is 5.73 Å². The Morgan fingerprint density at radius 1 is 1.64 bits per heavy atom. The fraction of sp³-hybridized carbons (Fsp3) is 0.500. The molecule has 0 aromatic carbocycles. The standard InChI is InChI=1S/C8H13NO2/c1-2-10-6-7-3-4-11-8(7)5-9/h3-4H,2,5-6,9H2,1H3. The molecule has 0 saturated carbocycles. The summed E-state index contributed by atoms with van der Waals surface area (Å²) < 4.78 is 10.3. The van der Waals surface area contributed by atoms with Crippen LogP contribution in [0.3, 0.4) is 0 Å². The van der Waals surface area contributed by atoms with E-state index in [9.17, 15) is 0 Å². The Kier molecular flexibility index (Phi) is 3.14. The van der Waals surface area contributed by atoms with Gasteiger partial charge >= 0.3 is 0 Å². The molecule has 0 unspecified atom stereocenters. The minimum atomic E-state index is 0.440. The van der Waals surface area contributed by atoms with E-state index in [0.717, 1.165) is 17.9 Å². The van der Waals surface area contributed by atoms with E-state index in [1.807, 2.05) is 13.0 Å². The van der Waals surface area contributed by atoms with Crippen molar-refractivity contribution in [3.05, 3.63) is 23.7 Å². The number of nitrogens with two attached hydrogens (primary N) is 1. The molecule has 1 rings (SSSR count). The van der Waals surface area contributed by atoms with E-state index < -0.39 is 0 Å². The van der Waals surface area contributed by atoms with Gasteiger partial charge in [0.15, 0.2) is 0 Å². The number of rotatable bonds is 4. The second-order valence-corrected chi connectivity index (χ2v) is 2.21. The Hall–Kier alpha value is -0.800. The molecule has 0 saturated heterocycles. The molecule has 0 fully saturated rings. The van der Waals surface area contributed by atoms with E-state index >= 15 is 0 Å². The first kappa shape index (κ1) is 8.30. The van der Waals surface area contributed by atoms with Gasteiger partial charge in [0.25, 0.3) is 0 Å². The van der Waals surface area contributed by atoms with Gasteiger partial charge in [0.2, 0.25) is 0 Å². The smallest absolute Gasteiger partial charge is 0.122 e. The Balaban J connectivity index is 2.54. The quantitative estimate of drug-likeness (QED) is 0.712. The molecular weight excluding hydrogens is 142 g/mol. The van der Waals surface area contributed by atoms with E-state index in [-0.39, 0.29) is 0 Å². The van der Waals surface area contributed by atoms with Gasteiger partial charge in [0.05, 0.1) is 19.4 Å². The molecule has 0 aliphatic rings. The van der Waals surface area contributed by atoms with Crippen LogP contribution in [0.5, 0.6) is 0 Å². The number of furan rings is 1. The van der Waals surface area contributed by atoms with Crippen LogP contribution in [-0.4, -0.2) is 6.61 Å². The van der Waals surface area contributed by atoms with Gasteiger partial charge < -0.3 is 14.9 Å². The lowest BCUT2D eigenvalue weighted by Crippen LogP contribution is -2.00. The third kappa shape index (κ3) is 2.06. The summed E-state index contributed by atoms with van der Waals surface area (Å²) in [7, 11) is 0.